The highest BCUT2D eigenvalue weighted by Crippen LogP contribution is 2.22. The molecule has 0 bridgehead atoms. The van der Waals surface area contributed by atoms with Gasteiger partial charge in [0.05, 0.1) is 6.61 Å². The predicted molar refractivity (Wildman–Crippen MR) is 85.5 cm³/mol. The summed E-state index contributed by atoms with van der Waals surface area (Å²) < 4.78 is 5.19. The van der Waals surface area contributed by atoms with Gasteiger partial charge in [0, 0.05) is 11.5 Å². The lowest BCUT2D eigenvalue weighted by Crippen LogP contribution is -2.31. The molecule has 2 unspecified atom stereocenters. The van der Waals surface area contributed by atoms with E-state index in [1.165, 1.54) is 5.56 Å². The van der Waals surface area contributed by atoms with Gasteiger partial charge in [-0.15, -0.1) is 0 Å². The van der Waals surface area contributed by atoms with Gasteiger partial charge in [-0.25, -0.2) is 0 Å². The van der Waals surface area contributed by atoms with Crippen molar-refractivity contribution in [3.8, 4) is 0 Å². The lowest BCUT2D eigenvalue weighted by molar-refractivity contribution is -0.143. The molecule has 0 heterocycles. The van der Waals surface area contributed by atoms with Gasteiger partial charge in [0.1, 0.15) is 6.54 Å². The van der Waals surface area contributed by atoms with Crippen molar-refractivity contribution in [2.75, 3.05) is 13.2 Å². The van der Waals surface area contributed by atoms with E-state index >= 15 is 0 Å². The molecule has 4 heteroatoms. The topological polar surface area (TPSA) is 55.4 Å². The van der Waals surface area contributed by atoms with Crippen LogP contribution in [0.2, 0.25) is 0 Å². The first-order chi connectivity index (χ1) is 10.6. The first-order valence-corrected chi connectivity index (χ1v) is 7.79. The Morgan fingerprint density at radius 1 is 1.23 bits per heavy atom. The molecule has 0 aliphatic heterocycles. The quantitative estimate of drug-likeness (QED) is 0.649. The number of benzene rings is 1. The number of allylic oxidation sites excluding steroid dienone is 1. The SMILES string of the molecule is CCc1ccc(C(=O)NCC(=O)OCC2C=CC(C)C2)cc1. The maximum absolute atomic E-state index is 11.9. The van der Waals surface area contributed by atoms with E-state index in [1.807, 2.05) is 12.1 Å². The van der Waals surface area contributed by atoms with Gasteiger partial charge in [-0.05, 0) is 36.5 Å². The number of hydrogen-bond acceptors (Lipinski definition) is 3. The van der Waals surface area contributed by atoms with Crippen molar-refractivity contribution in [3.63, 3.8) is 0 Å². The third-order valence-electron chi connectivity index (χ3n) is 3.86. The summed E-state index contributed by atoms with van der Waals surface area (Å²) in [5.74, 6) is 0.200. The Bertz CT molecular complexity index is 548. The van der Waals surface area contributed by atoms with E-state index < -0.39 is 5.97 Å². The van der Waals surface area contributed by atoms with Crippen molar-refractivity contribution >= 4 is 11.9 Å². The van der Waals surface area contributed by atoms with Crippen LogP contribution in [0, 0.1) is 11.8 Å². The summed E-state index contributed by atoms with van der Waals surface area (Å²) in [5, 5.41) is 2.59. The predicted octanol–water partition coefficient (Wildman–Crippen LogP) is 2.73. The molecule has 1 aromatic carbocycles. The fourth-order valence-corrected chi connectivity index (χ4v) is 2.50. The molecule has 0 spiro atoms. The molecule has 4 nitrogen and oxygen atoms in total. The molecule has 0 fully saturated rings. The van der Waals surface area contributed by atoms with Crippen molar-refractivity contribution in [2.45, 2.75) is 26.7 Å². The zero-order valence-electron chi connectivity index (χ0n) is 13.2. The van der Waals surface area contributed by atoms with E-state index in [9.17, 15) is 9.59 Å². The average molecular weight is 301 g/mol. The van der Waals surface area contributed by atoms with Gasteiger partial charge in [0.2, 0.25) is 0 Å². The Balaban J connectivity index is 1.71. The highest BCUT2D eigenvalue weighted by atomic mass is 16.5. The third-order valence-corrected chi connectivity index (χ3v) is 3.86. The molecular formula is C18H23NO3. The molecule has 1 amide bonds. The third kappa shape index (κ3) is 4.72. The fraction of sp³-hybridized carbons (Fsp3) is 0.444. The Labute approximate surface area is 131 Å². The molecular weight excluding hydrogens is 278 g/mol. The van der Waals surface area contributed by atoms with E-state index in [0.29, 0.717) is 24.0 Å². The molecule has 1 aliphatic carbocycles. The highest BCUT2D eigenvalue weighted by molar-refractivity contribution is 5.95. The van der Waals surface area contributed by atoms with Crippen LogP contribution in [-0.4, -0.2) is 25.0 Å². The lowest BCUT2D eigenvalue weighted by atomic mass is 10.1. The van der Waals surface area contributed by atoms with Crippen molar-refractivity contribution in [2.24, 2.45) is 11.8 Å². The van der Waals surface area contributed by atoms with Gasteiger partial charge in [-0.2, -0.15) is 0 Å². The first kappa shape index (κ1) is 16.3. The first-order valence-electron chi connectivity index (χ1n) is 7.79. The summed E-state index contributed by atoms with van der Waals surface area (Å²) in [6.45, 7) is 4.49. The smallest absolute Gasteiger partial charge is 0.325 e. The molecule has 1 aromatic rings. The number of esters is 1. The number of aryl methyl sites for hydroxylation is 1. The van der Waals surface area contributed by atoms with Gasteiger partial charge in [-0.3, -0.25) is 9.59 Å². The molecule has 2 rings (SSSR count). The van der Waals surface area contributed by atoms with Gasteiger partial charge in [0.15, 0.2) is 0 Å². The Morgan fingerprint density at radius 2 is 1.95 bits per heavy atom. The summed E-state index contributed by atoms with van der Waals surface area (Å²) >= 11 is 0. The van der Waals surface area contributed by atoms with E-state index in [1.54, 1.807) is 12.1 Å². The zero-order chi connectivity index (χ0) is 15.9. The molecule has 22 heavy (non-hydrogen) atoms. The summed E-state index contributed by atoms with van der Waals surface area (Å²) in [6, 6.07) is 7.37. The zero-order valence-corrected chi connectivity index (χ0v) is 13.2. The minimum atomic E-state index is -0.397. The Morgan fingerprint density at radius 3 is 2.55 bits per heavy atom. The van der Waals surface area contributed by atoms with Crippen LogP contribution >= 0.6 is 0 Å². The van der Waals surface area contributed by atoms with E-state index in [0.717, 1.165) is 12.8 Å². The summed E-state index contributed by atoms with van der Waals surface area (Å²) in [4.78, 5) is 23.6. The van der Waals surface area contributed by atoms with E-state index in [2.05, 4.69) is 31.3 Å². The Kier molecular flexibility index (Phi) is 5.75. The van der Waals surface area contributed by atoms with Gasteiger partial charge < -0.3 is 10.1 Å². The van der Waals surface area contributed by atoms with Crippen molar-refractivity contribution in [1.29, 1.82) is 0 Å². The van der Waals surface area contributed by atoms with Crippen LogP contribution in [0.3, 0.4) is 0 Å². The van der Waals surface area contributed by atoms with Crippen LogP contribution in [-0.2, 0) is 16.0 Å². The largest absolute Gasteiger partial charge is 0.464 e. The molecule has 0 radical (unpaired) electrons. The molecule has 1 aliphatic rings. The molecule has 118 valence electrons. The second-order valence-corrected chi connectivity index (χ2v) is 5.77. The number of carbonyl (C=O) groups excluding carboxylic acids is 2. The summed E-state index contributed by atoms with van der Waals surface area (Å²) in [5.41, 5.74) is 1.73. The highest BCUT2D eigenvalue weighted by Gasteiger charge is 2.17. The second-order valence-electron chi connectivity index (χ2n) is 5.77. The van der Waals surface area contributed by atoms with Crippen molar-refractivity contribution in [3.05, 3.63) is 47.5 Å². The summed E-state index contributed by atoms with van der Waals surface area (Å²) in [6.07, 6.45) is 6.18. The summed E-state index contributed by atoms with van der Waals surface area (Å²) in [7, 11) is 0. The van der Waals surface area contributed by atoms with Crippen LogP contribution in [0.5, 0.6) is 0 Å². The Hall–Kier alpha value is -2.10. The van der Waals surface area contributed by atoms with Crippen molar-refractivity contribution < 1.29 is 14.3 Å². The van der Waals surface area contributed by atoms with Gasteiger partial charge in [-0.1, -0.05) is 38.1 Å². The number of nitrogens with one attached hydrogen (secondary N) is 1. The van der Waals surface area contributed by atoms with Gasteiger partial charge >= 0.3 is 5.97 Å². The molecule has 1 N–H and O–H groups in total. The average Bonchev–Trinajstić information content (AvgIpc) is 2.96. The lowest BCUT2D eigenvalue weighted by Gasteiger charge is -2.11. The number of rotatable bonds is 6. The molecule has 0 aromatic heterocycles. The van der Waals surface area contributed by atoms with Crippen molar-refractivity contribution in [1.82, 2.24) is 5.32 Å². The van der Waals surface area contributed by atoms with Crippen LogP contribution in [0.1, 0.15) is 36.2 Å². The van der Waals surface area contributed by atoms with E-state index in [-0.39, 0.29) is 12.5 Å². The monoisotopic (exact) mass is 301 g/mol. The van der Waals surface area contributed by atoms with Crippen LogP contribution in [0.15, 0.2) is 36.4 Å². The number of hydrogen-bond donors (Lipinski definition) is 1. The molecule has 2 atom stereocenters. The second kappa shape index (κ2) is 7.78. The fourth-order valence-electron chi connectivity index (χ4n) is 2.50. The molecule has 0 saturated carbocycles. The minimum absolute atomic E-state index is 0.0969. The van der Waals surface area contributed by atoms with Gasteiger partial charge in [0.25, 0.3) is 5.91 Å². The van der Waals surface area contributed by atoms with Crippen LogP contribution < -0.4 is 5.32 Å². The number of carbonyl (C=O) groups is 2. The van der Waals surface area contributed by atoms with Crippen LogP contribution in [0.4, 0.5) is 0 Å². The maximum atomic E-state index is 11.9. The normalized spacial score (nSPS) is 19.9. The molecule has 0 saturated heterocycles. The number of amides is 1. The van der Waals surface area contributed by atoms with E-state index in [4.69, 9.17) is 4.74 Å². The van der Waals surface area contributed by atoms with Crippen LogP contribution in [0.25, 0.3) is 0 Å². The minimum Gasteiger partial charge on any atom is -0.464 e. The maximum Gasteiger partial charge on any atom is 0.325 e. The standard InChI is InChI=1S/C18H23NO3/c1-3-14-6-8-16(9-7-14)18(21)19-11-17(20)22-12-15-5-4-13(2)10-15/h4-9,13,15H,3,10-12H2,1-2H3,(H,19,21). The number of ether oxygens (including phenoxy) is 1.